The van der Waals surface area contributed by atoms with Crippen LogP contribution in [0.1, 0.15) is 42.5 Å². The molecule has 128 valence electrons. The van der Waals surface area contributed by atoms with E-state index in [0.717, 1.165) is 4.90 Å². The molecule has 0 radical (unpaired) electrons. The molecule has 1 heterocycles. The third-order valence-electron chi connectivity index (χ3n) is 3.13. The van der Waals surface area contributed by atoms with Crippen LogP contribution in [-0.4, -0.2) is 21.7 Å². The first-order valence-electron chi connectivity index (χ1n) is 7.55. The van der Waals surface area contributed by atoms with Crippen LogP contribution in [0.25, 0.3) is 0 Å². The van der Waals surface area contributed by atoms with E-state index in [4.69, 9.17) is 9.52 Å². The highest BCUT2D eigenvalue weighted by atomic mass is 32.2. The molecule has 0 unspecified atom stereocenters. The monoisotopic (exact) mass is 347 g/mol. The molecule has 0 saturated heterocycles. The van der Waals surface area contributed by atoms with Gasteiger partial charge in [-0.05, 0) is 31.2 Å². The fourth-order valence-corrected chi connectivity index (χ4v) is 3.20. The van der Waals surface area contributed by atoms with Crippen molar-refractivity contribution in [2.24, 2.45) is 0 Å². The van der Waals surface area contributed by atoms with Crippen LogP contribution in [0.3, 0.4) is 0 Å². The minimum atomic E-state index is -1.04. The zero-order valence-electron chi connectivity index (χ0n) is 14.2. The number of rotatable bonds is 5. The van der Waals surface area contributed by atoms with E-state index in [1.54, 1.807) is 18.7 Å². The highest BCUT2D eigenvalue weighted by Crippen LogP contribution is 2.32. The summed E-state index contributed by atoms with van der Waals surface area (Å²) in [6.07, 6.45) is 1.08. The number of furan rings is 1. The molecule has 1 aromatic carbocycles. The molecule has 24 heavy (non-hydrogen) atoms. The van der Waals surface area contributed by atoms with Gasteiger partial charge in [0.05, 0.1) is 11.8 Å². The number of carboxylic acid groups (broad SMARTS) is 1. The number of carbonyl (C=O) groups is 2. The quantitative estimate of drug-likeness (QED) is 0.786. The van der Waals surface area contributed by atoms with Gasteiger partial charge in [0.15, 0.2) is 0 Å². The number of thioether (sulfide) groups is 1. The Kier molecular flexibility index (Phi) is 5.39. The first kappa shape index (κ1) is 18.1. The van der Waals surface area contributed by atoms with E-state index in [1.807, 2.05) is 24.3 Å². The van der Waals surface area contributed by atoms with E-state index < -0.39 is 5.97 Å². The number of hydrogen-bond acceptors (Lipinski definition) is 4. The maximum Gasteiger partial charge on any atom is 0.311 e. The number of amides is 1. The van der Waals surface area contributed by atoms with E-state index in [2.05, 4.69) is 26.1 Å². The average Bonchev–Trinajstić information content (AvgIpc) is 2.79. The number of hydrogen-bond donors (Lipinski definition) is 2. The van der Waals surface area contributed by atoms with Crippen molar-refractivity contribution >= 4 is 29.3 Å². The predicted molar refractivity (Wildman–Crippen MR) is 94.8 cm³/mol. The third-order valence-corrected chi connectivity index (χ3v) is 4.25. The lowest BCUT2D eigenvalue weighted by Gasteiger charge is -2.17. The van der Waals surface area contributed by atoms with E-state index in [1.165, 1.54) is 6.26 Å². The van der Waals surface area contributed by atoms with E-state index in [9.17, 15) is 9.59 Å². The van der Waals surface area contributed by atoms with Gasteiger partial charge >= 0.3 is 5.97 Å². The maximum atomic E-state index is 12.4. The Hall–Kier alpha value is -2.21. The fourth-order valence-electron chi connectivity index (χ4n) is 2.22. The topological polar surface area (TPSA) is 79.5 Å². The molecule has 0 aliphatic heterocycles. The molecule has 1 amide bonds. The third kappa shape index (κ3) is 4.89. The molecule has 1 aromatic heterocycles. The second-order valence-electron chi connectivity index (χ2n) is 6.48. The van der Waals surface area contributed by atoms with Gasteiger partial charge in [0.1, 0.15) is 12.2 Å². The van der Waals surface area contributed by atoms with Crippen molar-refractivity contribution in [3.63, 3.8) is 0 Å². The van der Waals surface area contributed by atoms with E-state index >= 15 is 0 Å². The number of nitrogens with one attached hydrogen (secondary N) is 1. The first-order chi connectivity index (χ1) is 11.2. The molecule has 0 bridgehead atoms. The normalized spacial score (nSPS) is 11.3. The van der Waals surface area contributed by atoms with Crippen molar-refractivity contribution in [3.8, 4) is 0 Å². The first-order valence-corrected chi connectivity index (χ1v) is 8.36. The zero-order valence-corrected chi connectivity index (χ0v) is 15.0. The summed E-state index contributed by atoms with van der Waals surface area (Å²) in [5, 5.41) is 11.7. The summed E-state index contributed by atoms with van der Waals surface area (Å²) < 4.78 is 5.31. The van der Waals surface area contributed by atoms with Crippen molar-refractivity contribution in [2.75, 3.05) is 5.32 Å². The summed E-state index contributed by atoms with van der Waals surface area (Å²) >= 11 is 1.74. The van der Waals surface area contributed by atoms with Crippen LogP contribution in [0.2, 0.25) is 0 Å². The molecular weight excluding hydrogens is 326 g/mol. The van der Waals surface area contributed by atoms with Crippen LogP contribution >= 0.6 is 11.8 Å². The number of carboxylic acids is 1. The molecule has 0 saturated carbocycles. The van der Waals surface area contributed by atoms with Gasteiger partial charge in [-0.3, -0.25) is 9.59 Å². The molecule has 0 spiro atoms. The summed E-state index contributed by atoms with van der Waals surface area (Å²) in [4.78, 5) is 24.4. The molecule has 2 aromatic rings. The lowest BCUT2D eigenvalue weighted by molar-refractivity contribution is -0.136. The van der Waals surface area contributed by atoms with Gasteiger partial charge in [0.2, 0.25) is 0 Å². The number of benzene rings is 1. The molecule has 5 nitrogen and oxygen atoms in total. The number of aliphatic carboxylic acids is 1. The van der Waals surface area contributed by atoms with Gasteiger partial charge in [-0.15, -0.1) is 11.8 Å². The zero-order chi connectivity index (χ0) is 17.9. The molecular formula is C18H21NO4S. The second-order valence-corrected chi connectivity index (χ2v) is 8.38. The van der Waals surface area contributed by atoms with Crippen molar-refractivity contribution < 1.29 is 19.1 Å². The summed E-state index contributed by atoms with van der Waals surface area (Å²) in [7, 11) is 0. The van der Waals surface area contributed by atoms with Crippen LogP contribution in [0.5, 0.6) is 0 Å². The van der Waals surface area contributed by atoms with Gasteiger partial charge in [0, 0.05) is 20.9 Å². The Morgan fingerprint density at radius 1 is 1.21 bits per heavy atom. The highest BCUT2D eigenvalue weighted by Gasteiger charge is 2.20. The van der Waals surface area contributed by atoms with Crippen molar-refractivity contribution in [1.82, 2.24) is 0 Å². The fraction of sp³-hybridized carbons (Fsp3) is 0.333. The lowest BCUT2D eigenvalue weighted by Crippen LogP contribution is -2.15. The molecule has 6 heteroatoms. The molecule has 2 rings (SSSR count). The van der Waals surface area contributed by atoms with Crippen LogP contribution in [0.15, 0.2) is 39.8 Å². The van der Waals surface area contributed by atoms with Crippen LogP contribution < -0.4 is 5.32 Å². The highest BCUT2D eigenvalue weighted by molar-refractivity contribution is 8.00. The average molecular weight is 347 g/mol. The number of aryl methyl sites for hydroxylation is 1. The minimum absolute atomic E-state index is 0.115. The van der Waals surface area contributed by atoms with E-state index in [-0.39, 0.29) is 28.4 Å². The molecule has 0 aliphatic carbocycles. The standard InChI is InChI=1S/C18H21NO4S/c1-11-10-23-14(9-15(20)21)16(11)17(22)19-12-5-7-13(8-6-12)24-18(2,3)4/h5-8,10H,9H2,1-4H3,(H,19,22)(H,20,21). The summed E-state index contributed by atoms with van der Waals surface area (Å²) in [5.74, 6) is -1.24. The summed E-state index contributed by atoms with van der Waals surface area (Å²) in [5.41, 5.74) is 1.55. The van der Waals surface area contributed by atoms with Gasteiger partial charge in [-0.2, -0.15) is 0 Å². The SMILES string of the molecule is Cc1coc(CC(=O)O)c1C(=O)Nc1ccc(SC(C)(C)C)cc1. The maximum absolute atomic E-state index is 12.4. The Morgan fingerprint density at radius 2 is 1.83 bits per heavy atom. The number of anilines is 1. The predicted octanol–water partition coefficient (Wildman–Crippen LogP) is 4.36. The Labute approximate surface area is 145 Å². The Balaban J connectivity index is 2.13. The summed E-state index contributed by atoms with van der Waals surface area (Å²) in [6.45, 7) is 8.13. The minimum Gasteiger partial charge on any atom is -0.481 e. The molecule has 0 atom stereocenters. The van der Waals surface area contributed by atoms with Crippen LogP contribution in [0, 0.1) is 6.92 Å². The van der Waals surface area contributed by atoms with Gasteiger partial charge in [-0.1, -0.05) is 20.8 Å². The Bertz CT molecular complexity index is 741. The largest absolute Gasteiger partial charge is 0.481 e. The molecule has 0 aliphatic rings. The van der Waals surface area contributed by atoms with Gasteiger partial charge in [-0.25, -0.2) is 0 Å². The molecule has 2 N–H and O–H groups in total. The van der Waals surface area contributed by atoms with Crippen molar-refractivity contribution in [1.29, 1.82) is 0 Å². The van der Waals surface area contributed by atoms with Gasteiger partial charge in [0.25, 0.3) is 5.91 Å². The Morgan fingerprint density at radius 3 is 2.38 bits per heavy atom. The second kappa shape index (κ2) is 7.13. The van der Waals surface area contributed by atoms with Crippen LogP contribution in [-0.2, 0) is 11.2 Å². The smallest absolute Gasteiger partial charge is 0.311 e. The van der Waals surface area contributed by atoms with Crippen molar-refractivity contribution in [3.05, 3.63) is 47.4 Å². The van der Waals surface area contributed by atoms with Crippen molar-refractivity contribution in [2.45, 2.75) is 43.8 Å². The number of carbonyl (C=O) groups excluding carboxylic acids is 1. The lowest BCUT2D eigenvalue weighted by atomic mass is 10.1. The van der Waals surface area contributed by atoms with E-state index in [0.29, 0.717) is 11.3 Å². The molecule has 0 fully saturated rings. The summed E-state index contributed by atoms with van der Waals surface area (Å²) in [6, 6.07) is 7.56. The van der Waals surface area contributed by atoms with Crippen LogP contribution in [0.4, 0.5) is 5.69 Å². The van der Waals surface area contributed by atoms with Gasteiger partial charge < -0.3 is 14.8 Å².